The number of Topliss-reactive ketones (excluding diaryl/α,β-unsaturated/α-hetero) is 2. The zero-order valence-corrected chi connectivity index (χ0v) is 9.34. The van der Waals surface area contributed by atoms with Crippen molar-refractivity contribution in [1.29, 1.82) is 0 Å². The van der Waals surface area contributed by atoms with Crippen LogP contribution in [0.2, 0.25) is 0 Å². The number of carboxylic acids is 2. The highest BCUT2D eigenvalue weighted by Crippen LogP contribution is 2.30. The fraction of sp³-hybridized carbons (Fsp3) is 0. The van der Waals surface area contributed by atoms with E-state index in [9.17, 15) is 19.2 Å². The van der Waals surface area contributed by atoms with Crippen molar-refractivity contribution in [3.05, 3.63) is 40.5 Å². The van der Waals surface area contributed by atoms with Gasteiger partial charge in [0.15, 0.2) is 0 Å². The van der Waals surface area contributed by atoms with Crippen LogP contribution in [0.5, 0.6) is 0 Å². The molecular weight excluding hydrogens is 254 g/mol. The van der Waals surface area contributed by atoms with E-state index in [1.165, 1.54) is 18.2 Å². The molecule has 0 saturated carbocycles. The number of carbonyl (C=O) groups is 4. The molecule has 7 nitrogen and oxygen atoms in total. The summed E-state index contributed by atoms with van der Waals surface area (Å²) in [6, 6.07) is 3.94. The molecule has 7 heteroatoms. The molecule has 0 atom stereocenters. The number of carboxylic acid groups (broad SMARTS) is 2. The van der Waals surface area contributed by atoms with Crippen LogP contribution in [-0.4, -0.2) is 33.7 Å². The molecule has 1 aliphatic carbocycles. The van der Waals surface area contributed by atoms with Crippen molar-refractivity contribution >= 4 is 29.2 Å². The number of fused-ring (bicyclic) bond motifs is 1. The largest absolute Gasteiger partial charge is 0.478 e. The Bertz CT molecular complexity index is 685. The number of anilines is 1. The van der Waals surface area contributed by atoms with Gasteiger partial charge in [-0.3, -0.25) is 9.59 Å². The van der Waals surface area contributed by atoms with Crippen molar-refractivity contribution in [1.82, 2.24) is 0 Å². The van der Waals surface area contributed by atoms with Gasteiger partial charge in [0.2, 0.25) is 11.6 Å². The van der Waals surface area contributed by atoms with Crippen LogP contribution in [0.15, 0.2) is 29.3 Å². The smallest absolute Gasteiger partial charge is 0.340 e. The Kier molecular flexibility index (Phi) is 2.67. The Morgan fingerprint density at radius 1 is 0.947 bits per heavy atom. The minimum absolute atomic E-state index is 0.0703. The average Bonchev–Trinajstić information content (AvgIpc) is 2.32. The normalized spacial score (nSPS) is 14.3. The van der Waals surface area contributed by atoms with Gasteiger partial charge in [0.1, 0.15) is 11.1 Å². The summed E-state index contributed by atoms with van der Waals surface area (Å²) in [5.41, 5.74) is 2.89. The van der Waals surface area contributed by atoms with Crippen LogP contribution in [0.1, 0.15) is 20.7 Å². The highest BCUT2D eigenvalue weighted by Gasteiger charge is 2.40. The van der Waals surface area contributed by atoms with E-state index in [1.54, 1.807) is 0 Å². The summed E-state index contributed by atoms with van der Waals surface area (Å²) in [6.07, 6.45) is 0. The molecule has 0 aliphatic heterocycles. The van der Waals surface area contributed by atoms with Crippen LogP contribution in [-0.2, 0) is 9.59 Å². The lowest BCUT2D eigenvalue weighted by molar-refractivity contribution is -0.135. The van der Waals surface area contributed by atoms with Crippen molar-refractivity contribution in [3.63, 3.8) is 0 Å². The Hall–Kier alpha value is -2.96. The Morgan fingerprint density at radius 2 is 1.47 bits per heavy atom. The highest BCUT2D eigenvalue weighted by atomic mass is 16.4. The molecule has 0 heterocycles. The van der Waals surface area contributed by atoms with Gasteiger partial charge in [-0.15, -0.1) is 0 Å². The summed E-state index contributed by atoms with van der Waals surface area (Å²) in [4.78, 5) is 46.0. The molecule has 0 spiro atoms. The number of carbonyl (C=O) groups excluding carboxylic acids is 2. The van der Waals surface area contributed by atoms with Crippen LogP contribution in [0.25, 0.3) is 0 Å². The zero-order valence-electron chi connectivity index (χ0n) is 9.34. The van der Waals surface area contributed by atoms with E-state index in [-0.39, 0.29) is 16.8 Å². The second kappa shape index (κ2) is 4.05. The summed E-state index contributed by atoms with van der Waals surface area (Å²) < 4.78 is 0. The van der Waals surface area contributed by atoms with Crippen molar-refractivity contribution < 1.29 is 29.4 Å². The van der Waals surface area contributed by atoms with E-state index in [4.69, 9.17) is 15.9 Å². The van der Waals surface area contributed by atoms with E-state index >= 15 is 0 Å². The van der Waals surface area contributed by atoms with Gasteiger partial charge in [0.05, 0.1) is 5.56 Å². The third-order valence-corrected chi connectivity index (χ3v) is 2.70. The Labute approximate surface area is 106 Å². The number of nitrogen functional groups attached to an aromatic ring is 1. The molecule has 0 radical (unpaired) electrons. The molecule has 1 aromatic carbocycles. The number of rotatable bonds is 2. The molecule has 0 amide bonds. The summed E-state index contributed by atoms with van der Waals surface area (Å²) in [7, 11) is 0. The van der Waals surface area contributed by atoms with Crippen LogP contribution in [0.4, 0.5) is 5.69 Å². The first kappa shape index (κ1) is 12.5. The van der Waals surface area contributed by atoms with E-state index in [0.29, 0.717) is 0 Å². The Balaban J connectivity index is 2.85. The Morgan fingerprint density at radius 3 is 2.00 bits per heavy atom. The van der Waals surface area contributed by atoms with Crippen LogP contribution < -0.4 is 5.73 Å². The van der Waals surface area contributed by atoms with Crippen molar-refractivity contribution in [3.8, 4) is 0 Å². The molecule has 1 aromatic rings. The first-order valence-electron chi connectivity index (χ1n) is 5.05. The number of ketones is 2. The maximum absolute atomic E-state index is 12.0. The number of hydrogen-bond acceptors (Lipinski definition) is 5. The number of nitrogens with two attached hydrogens (primary N) is 1. The average molecular weight is 261 g/mol. The topological polar surface area (TPSA) is 135 Å². The first-order valence-corrected chi connectivity index (χ1v) is 5.05. The van der Waals surface area contributed by atoms with Gasteiger partial charge in [-0.05, 0) is 6.07 Å². The minimum atomic E-state index is -1.77. The van der Waals surface area contributed by atoms with Crippen LogP contribution >= 0.6 is 0 Å². The van der Waals surface area contributed by atoms with Crippen molar-refractivity contribution in [2.45, 2.75) is 0 Å². The van der Waals surface area contributed by atoms with Crippen molar-refractivity contribution in [2.24, 2.45) is 0 Å². The SMILES string of the molecule is Nc1cccc2c1C(=O)C(C(=O)O)=C(C(=O)O)C2=O. The first-order chi connectivity index (χ1) is 8.86. The molecule has 1 aliphatic rings. The molecule has 96 valence electrons. The minimum Gasteiger partial charge on any atom is -0.478 e. The van der Waals surface area contributed by atoms with Gasteiger partial charge in [0, 0.05) is 11.3 Å². The van der Waals surface area contributed by atoms with Gasteiger partial charge in [-0.1, -0.05) is 12.1 Å². The van der Waals surface area contributed by atoms with E-state index in [0.717, 1.165) is 0 Å². The van der Waals surface area contributed by atoms with E-state index in [1.807, 2.05) is 0 Å². The molecule has 0 bridgehead atoms. The molecule has 0 aromatic heterocycles. The second-order valence-electron chi connectivity index (χ2n) is 3.79. The van der Waals surface area contributed by atoms with Crippen molar-refractivity contribution in [2.75, 3.05) is 5.73 Å². The van der Waals surface area contributed by atoms with Crippen LogP contribution in [0, 0.1) is 0 Å². The maximum Gasteiger partial charge on any atom is 0.340 e. The lowest BCUT2D eigenvalue weighted by Gasteiger charge is -2.17. The predicted octanol–water partition coefficient (Wildman–Crippen LogP) is 0.114. The van der Waals surface area contributed by atoms with Gasteiger partial charge in [0.25, 0.3) is 0 Å². The summed E-state index contributed by atoms with van der Waals surface area (Å²) in [5, 5.41) is 17.8. The summed E-state index contributed by atoms with van der Waals surface area (Å²) in [6.45, 7) is 0. The highest BCUT2D eigenvalue weighted by molar-refractivity contribution is 6.42. The standard InChI is InChI=1S/C12H7NO6/c13-5-3-1-2-4-6(5)10(15)8(12(18)19)7(9(4)14)11(16)17/h1-3H,13H2,(H,16,17)(H,18,19). The lowest BCUT2D eigenvalue weighted by atomic mass is 9.83. The summed E-state index contributed by atoms with van der Waals surface area (Å²) in [5.74, 6) is -5.64. The van der Waals surface area contributed by atoms with Crippen LogP contribution in [0.3, 0.4) is 0 Å². The molecule has 0 saturated heterocycles. The van der Waals surface area contributed by atoms with Gasteiger partial charge < -0.3 is 15.9 Å². The predicted molar refractivity (Wildman–Crippen MR) is 61.8 cm³/mol. The third-order valence-electron chi connectivity index (χ3n) is 2.70. The van der Waals surface area contributed by atoms with Gasteiger partial charge in [-0.2, -0.15) is 0 Å². The lowest BCUT2D eigenvalue weighted by Crippen LogP contribution is -2.30. The quantitative estimate of drug-likeness (QED) is 0.508. The van der Waals surface area contributed by atoms with E-state index in [2.05, 4.69) is 0 Å². The molecule has 4 N–H and O–H groups in total. The fourth-order valence-corrected chi connectivity index (χ4v) is 1.91. The fourth-order valence-electron chi connectivity index (χ4n) is 1.91. The summed E-state index contributed by atoms with van der Waals surface area (Å²) >= 11 is 0. The molecule has 0 unspecified atom stereocenters. The molecule has 19 heavy (non-hydrogen) atoms. The second-order valence-corrected chi connectivity index (χ2v) is 3.79. The zero-order chi connectivity index (χ0) is 14.3. The monoisotopic (exact) mass is 261 g/mol. The molecular formula is C12H7NO6. The number of benzene rings is 1. The maximum atomic E-state index is 12.0. The van der Waals surface area contributed by atoms with E-state index < -0.39 is 34.7 Å². The van der Waals surface area contributed by atoms with Gasteiger partial charge >= 0.3 is 11.9 Å². The van der Waals surface area contributed by atoms with Gasteiger partial charge in [-0.25, -0.2) is 9.59 Å². The number of aliphatic carboxylic acids is 2. The third kappa shape index (κ3) is 1.68. The number of hydrogen-bond donors (Lipinski definition) is 3. The molecule has 2 rings (SSSR count). The molecule has 0 fully saturated rings.